The molecule has 1 spiro atoms. The third kappa shape index (κ3) is 10.7. The Hall–Kier alpha value is -6.53. The van der Waals surface area contributed by atoms with Gasteiger partial charge in [0.25, 0.3) is 21.6 Å². The lowest BCUT2D eigenvalue weighted by atomic mass is 9.59. The molecule has 16 nitrogen and oxygen atoms in total. The standard InChI is InChI=1S/C55H64N8O8S/c1-37(2)45-11-7-8-12-46(45)50-36-61(71-42-9-5-4-6-10-42)27-28-62(50)41-32-55(33-41)22-25-60(26-23-55)40-13-15-47(51(30-40)70-43-29-39-19-24-56-52(39)58-35-43)53(64)59-72(68,69)44-14-16-48(49(31-44)63(66)67)57-34-38-17-20-54(3,65)21-18-38/h4-16,19,24,29-31,35,37-38,41,50,57,65H,17-18,20-23,25-28,32-34,36H2,1-3H3,(H,56,58)(H,59,64). The lowest BCUT2D eigenvalue weighted by Gasteiger charge is -2.58. The van der Waals surface area contributed by atoms with Crippen molar-refractivity contribution in [2.45, 2.75) is 101 Å². The molecule has 2 saturated heterocycles. The van der Waals surface area contributed by atoms with Gasteiger partial charge in [0.2, 0.25) is 0 Å². The Bertz CT molecular complexity index is 3030. The third-order valence-electron chi connectivity index (χ3n) is 15.6. The number of benzene rings is 4. The van der Waals surface area contributed by atoms with Crippen molar-refractivity contribution in [1.29, 1.82) is 0 Å². The quantitative estimate of drug-likeness (QED) is 0.0561. The average molecular weight is 997 g/mol. The van der Waals surface area contributed by atoms with Crippen LogP contribution in [-0.4, -0.2) is 95.2 Å². The zero-order valence-corrected chi connectivity index (χ0v) is 41.9. The zero-order valence-electron chi connectivity index (χ0n) is 41.1. The van der Waals surface area contributed by atoms with Crippen LogP contribution in [0.5, 0.6) is 17.2 Å². The van der Waals surface area contributed by atoms with Crippen molar-refractivity contribution in [3.63, 3.8) is 0 Å². The fraction of sp³-hybridized carbons (Fsp3) is 0.418. The van der Waals surface area contributed by atoms with Gasteiger partial charge < -0.3 is 29.9 Å². The molecule has 4 aromatic carbocycles. The number of nitrogens with zero attached hydrogens (tertiary/aromatic N) is 5. The highest BCUT2D eigenvalue weighted by Gasteiger charge is 2.50. The number of anilines is 2. The molecule has 4 heterocycles. The number of H-pyrrole nitrogens is 1. The minimum absolute atomic E-state index is 0.0334. The van der Waals surface area contributed by atoms with Crippen LogP contribution in [0.25, 0.3) is 11.0 Å². The van der Waals surface area contributed by atoms with Gasteiger partial charge in [-0.3, -0.25) is 19.8 Å². The highest BCUT2D eigenvalue weighted by atomic mass is 32.2. The fourth-order valence-electron chi connectivity index (χ4n) is 11.4. The number of piperazine rings is 1. The van der Waals surface area contributed by atoms with Crippen molar-refractivity contribution in [1.82, 2.24) is 24.7 Å². The number of nitro groups is 1. The van der Waals surface area contributed by atoms with E-state index in [1.165, 1.54) is 29.5 Å². The van der Waals surface area contributed by atoms with E-state index in [0.29, 0.717) is 42.7 Å². The Balaban J connectivity index is 0.833. The number of aliphatic hydroxyl groups is 1. The number of aromatic nitrogens is 2. The van der Waals surface area contributed by atoms with Gasteiger partial charge in [-0.25, -0.2) is 18.1 Å². The largest absolute Gasteiger partial charge is 0.455 e. The summed E-state index contributed by atoms with van der Waals surface area (Å²) in [7, 11) is -4.59. The highest BCUT2D eigenvalue weighted by Crippen LogP contribution is 2.53. The van der Waals surface area contributed by atoms with Gasteiger partial charge in [-0.1, -0.05) is 56.3 Å². The van der Waals surface area contributed by atoms with Crippen LogP contribution >= 0.6 is 0 Å². The van der Waals surface area contributed by atoms with Gasteiger partial charge in [-0.15, -0.1) is 5.06 Å². The van der Waals surface area contributed by atoms with Crippen LogP contribution in [0.15, 0.2) is 120 Å². The first-order chi connectivity index (χ1) is 34.6. The van der Waals surface area contributed by atoms with Gasteiger partial charge in [-0.2, -0.15) is 0 Å². The lowest BCUT2D eigenvalue weighted by molar-refractivity contribution is -0.384. The Morgan fingerprint density at radius 1 is 0.917 bits per heavy atom. The molecule has 0 bridgehead atoms. The van der Waals surface area contributed by atoms with E-state index >= 15 is 0 Å². The number of nitro benzene ring substituents is 1. The molecular weight excluding hydrogens is 933 g/mol. The molecule has 2 saturated carbocycles. The number of carbonyl (C=O) groups excluding carboxylic acids is 1. The first-order valence-corrected chi connectivity index (χ1v) is 26.7. The molecule has 1 atom stereocenters. The number of sulfonamides is 1. The smallest absolute Gasteiger partial charge is 0.293 e. The third-order valence-corrected chi connectivity index (χ3v) is 16.9. The Labute approximate surface area is 420 Å². The SMILES string of the molecule is CC(C)c1ccccc1C1CN(Oc2ccccc2)CCN1C1CC2(CCN(c3ccc(C(=O)NS(=O)(=O)c4ccc(NCC5CCC(C)(O)CC5)c([N+](=O)[O-])c4)c(Oc4cnc5[nH]ccc5c4)c3)CC2)C1. The van der Waals surface area contributed by atoms with Crippen LogP contribution in [0.2, 0.25) is 0 Å². The number of rotatable bonds is 15. The number of fused-ring (bicyclic) bond motifs is 1. The molecule has 1 unspecified atom stereocenters. The number of para-hydroxylation sites is 1. The van der Waals surface area contributed by atoms with E-state index in [1.54, 1.807) is 24.4 Å². The van der Waals surface area contributed by atoms with Crippen molar-refractivity contribution in [2.24, 2.45) is 11.3 Å². The maximum atomic E-state index is 14.1. The highest BCUT2D eigenvalue weighted by molar-refractivity contribution is 7.90. The molecule has 6 aromatic rings. The van der Waals surface area contributed by atoms with Gasteiger partial charge in [0.1, 0.15) is 28.6 Å². The molecule has 4 aliphatic rings. The van der Waals surface area contributed by atoms with E-state index in [4.69, 9.17) is 9.57 Å². The topological polar surface area (TPSA) is 195 Å². The van der Waals surface area contributed by atoms with Gasteiger partial charge in [0.05, 0.1) is 39.8 Å². The Morgan fingerprint density at radius 3 is 2.42 bits per heavy atom. The van der Waals surface area contributed by atoms with Crippen LogP contribution in [-0.2, 0) is 10.0 Å². The van der Waals surface area contributed by atoms with Crippen molar-refractivity contribution in [2.75, 3.05) is 49.5 Å². The summed E-state index contributed by atoms with van der Waals surface area (Å²) in [5, 5.41) is 28.6. The molecule has 2 aliphatic heterocycles. The molecule has 1 amide bonds. The van der Waals surface area contributed by atoms with Crippen LogP contribution in [0.3, 0.4) is 0 Å². The first kappa shape index (κ1) is 49.1. The maximum absolute atomic E-state index is 14.1. The second-order valence-electron chi connectivity index (χ2n) is 20.9. The maximum Gasteiger partial charge on any atom is 0.293 e. The fourth-order valence-corrected chi connectivity index (χ4v) is 12.4. The summed E-state index contributed by atoms with van der Waals surface area (Å²) in [6, 6.07) is 31.9. The van der Waals surface area contributed by atoms with Crippen LogP contribution in [0.1, 0.15) is 106 Å². The summed E-state index contributed by atoms with van der Waals surface area (Å²) in [6.45, 7) is 10.9. The van der Waals surface area contributed by atoms with E-state index in [9.17, 15) is 28.4 Å². The van der Waals surface area contributed by atoms with Gasteiger partial charge >= 0.3 is 0 Å². The van der Waals surface area contributed by atoms with Crippen molar-refractivity contribution in [3.05, 3.63) is 142 Å². The predicted octanol–water partition coefficient (Wildman–Crippen LogP) is 9.96. The number of carbonyl (C=O) groups is 1. The minimum Gasteiger partial charge on any atom is -0.455 e. The number of pyridine rings is 1. The zero-order chi connectivity index (χ0) is 50.2. The normalized spacial score (nSPS) is 21.9. The molecule has 2 aromatic heterocycles. The average Bonchev–Trinajstić information content (AvgIpc) is 3.84. The van der Waals surface area contributed by atoms with Crippen LogP contribution < -0.4 is 24.5 Å². The van der Waals surface area contributed by atoms with Gasteiger partial charge in [-0.05, 0) is 135 Å². The molecule has 72 heavy (non-hydrogen) atoms. The van der Waals surface area contributed by atoms with E-state index in [0.717, 1.165) is 94.1 Å². The summed E-state index contributed by atoms with van der Waals surface area (Å²) in [5.74, 6) is 0.977. The molecular formula is C55H64N8O8S. The minimum atomic E-state index is -4.59. The number of piperidine rings is 1. The summed E-state index contributed by atoms with van der Waals surface area (Å²) in [6.07, 6.45) is 10.3. The molecule has 4 N–H and O–H groups in total. The second-order valence-corrected chi connectivity index (χ2v) is 22.6. The first-order valence-electron chi connectivity index (χ1n) is 25.3. The van der Waals surface area contributed by atoms with Crippen LogP contribution in [0.4, 0.5) is 17.1 Å². The number of aromatic amines is 1. The van der Waals surface area contributed by atoms with E-state index in [1.807, 2.05) is 49.4 Å². The Kier molecular flexibility index (Phi) is 13.7. The molecule has 10 rings (SSSR count). The summed E-state index contributed by atoms with van der Waals surface area (Å²) >= 11 is 0. The van der Waals surface area contributed by atoms with Gasteiger partial charge in [0.15, 0.2) is 0 Å². The lowest BCUT2D eigenvalue weighted by Crippen LogP contribution is -2.60. The number of ether oxygens (including phenoxy) is 1. The van der Waals surface area contributed by atoms with Crippen molar-refractivity contribution in [3.8, 4) is 17.2 Å². The molecule has 378 valence electrons. The van der Waals surface area contributed by atoms with Crippen molar-refractivity contribution < 1.29 is 32.8 Å². The number of hydrogen-bond donors (Lipinski definition) is 4. The molecule has 0 radical (unpaired) electrons. The van der Waals surface area contributed by atoms with E-state index in [2.05, 4.69) is 73.0 Å². The number of hydrogen-bond acceptors (Lipinski definition) is 13. The number of amides is 1. The number of nitrogens with one attached hydrogen (secondary N) is 3. The molecule has 17 heteroatoms. The van der Waals surface area contributed by atoms with Crippen LogP contribution in [0, 0.1) is 21.4 Å². The summed E-state index contributed by atoms with van der Waals surface area (Å²) in [4.78, 5) is 44.2. The van der Waals surface area contributed by atoms with E-state index in [-0.39, 0.29) is 34.4 Å². The molecule has 4 fully saturated rings. The summed E-state index contributed by atoms with van der Waals surface area (Å²) < 4.78 is 36.2. The van der Waals surface area contributed by atoms with E-state index < -0.39 is 37.0 Å². The Morgan fingerprint density at radius 2 is 1.67 bits per heavy atom. The van der Waals surface area contributed by atoms with Crippen molar-refractivity contribution >= 4 is 44.0 Å². The second kappa shape index (κ2) is 20.2. The monoisotopic (exact) mass is 996 g/mol. The van der Waals surface area contributed by atoms with Gasteiger partial charge in [0, 0.05) is 68.2 Å². The number of hydroxylamine groups is 2. The summed E-state index contributed by atoms with van der Waals surface area (Å²) in [5.41, 5.74) is 3.45. The molecule has 2 aliphatic carbocycles. The predicted molar refractivity (Wildman–Crippen MR) is 277 cm³/mol.